The first kappa shape index (κ1) is 16.1. The summed E-state index contributed by atoms with van der Waals surface area (Å²) in [6.07, 6.45) is 4.07. The number of likely N-dealkylation sites (tertiary alicyclic amines) is 1. The lowest BCUT2D eigenvalue weighted by Crippen LogP contribution is -2.38. The van der Waals surface area contributed by atoms with Gasteiger partial charge < -0.3 is 10.6 Å². The van der Waals surface area contributed by atoms with E-state index in [0.717, 1.165) is 18.2 Å². The number of rotatable bonds is 4. The van der Waals surface area contributed by atoms with Crippen molar-refractivity contribution in [1.29, 1.82) is 0 Å². The lowest BCUT2D eigenvalue weighted by Gasteiger charge is -2.30. The molecule has 0 aromatic heterocycles. The number of primary amides is 1. The van der Waals surface area contributed by atoms with Crippen LogP contribution in [-0.2, 0) is 9.59 Å². The van der Waals surface area contributed by atoms with Crippen LogP contribution in [0.2, 0.25) is 0 Å². The molecule has 0 unspecified atom stereocenters. The topological polar surface area (TPSA) is 63.4 Å². The van der Waals surface area contributed by atoms with E-state index in [1.165, 1.54) is 12.1 Å². The van der Waals surface area contributed by atoms with E-state index in [0.29, 0.717) is 32.4 Å². The maximum atomic E-state index is 13.5. The second kappa shape index (κ2) is 7.15. The summed E-state index contributed by atoms with van der Waals surface area (Å²) >= 11 is 0. The smallest absolute Gasteiger partial charge is 0.246 e. The summed E-state index contributed by atoms with van der Waals surface area (Å²) in [6.45, 7) is 1.03. The Balaban J connectivity index is 1.93. The number of carbonyl (C=O) groups excluding carboxylic acids is 2. The van der Waals surface area contributed by atoms with E-state index < -0.39 is 11.6 Å². The highest BCUT2D eigenvalue weighted by atomic mass is 19.1. The monoisotopic (exact) mass is 308 g/mol. The van der Waals surface area contributed by atoms with Crippen LogP contribution in [0, 0.1) is 17.6 Å². The molecule has 2 N–H and O–H groups in total. The number of hydrogen-bond acceptors (Lipinski definition) is 2. The fraction of sp³-hybridized carbons (Fsp3) is 0.375. The van der Waals surface area contributed by atoms with Gasteiger partial charge >= 0.3 is 0 Å². The summed E-state index contributed by atoms with van der Waals surface area (Å²) in [5.74, 6) is -1.83. The zero-order chi connectivity index (χ0) is 16.1. The summed E-state index contributed by atoms with van der Waals surface area (Å²) < 4.78 is 26.9. The van der Waals surface area contributed by atoms with Gasteiger partial charge in [-0.2, -0.15) is 0 Å². The summed E-state index contributed by atoms with van der Waals surface area (Å²) in [5.41, 5.74) is 4.93. The molecule has 2 amide bonds. The minimum absolute atomic E-state index is 0.203. The van der Waals surface area contributed by atoms with E-state index >= 15 is 0 Å². The summed E-state index contributed by atoms with van der Waals surface area (Å²) in [6, 6.07) is 3.55. The predicted octanol–water partition coefficient (Wildman–Crippen LogP) is 2.09. The van der Waals surface area contributed by atoms with Crippen LogP contribution in [0.25, 0.3) is 6.08 Å². The minimum atomic E-state index is -0.704. The number of benzene rings is 1. The van der Waals surface area contributed by atoms with Crippen molar-refractivity contribution in [3.63, 3.8) is 0 Å². The van der Waals surface area contributed by atoms with Gasteiger partial charge in [-0.25, -0.2) is 8.78 Å². The second-order valence-electron chi connectivity index (χ2n) is 5.41. The molecule has 118 valence electrons. The van der Waals surface area contributed by atoms with E-state index in [-0.39, 0.29) is 23.3 Å². The number of nitrogens with two attached hydrogens (primary N) is 1. The van der Waals surface area contributed by atoms with Crippen molar-refractivity contribution in [2.75, 3.05) is 13.1 Å². The number of halogens is 2. The van der Waals surface area contributed by atoms with Crippen molar-refractivity contribution in [3.05, 3.63) is 41.5 Å². The Hall–Kier alpha value is -2.24. The van der Waals surface area contributed by atoms with Crippen LogP contribution in [-0.4, -0.2) is 29.8 Å². The fourth-order valence-electron chi connectivity index (χ4n) is 2.57. The summed E-state index contributed by atoms with van der Waals surface area (Å²) in [4.78, 5) is 24.5. The molecule has 1 saturated heterocycles. The Morgan fingerprint density at radius 2 is 1.82 bits per heavy atom. The number of carbonyl (C=O) groups is 2. The van der Waals surface area contributed by atoms with Gasteiger partial charge in [0.1, 0.15) is 11.6 Å². The van der Waals surface area contributed by atoms with Crippen LogP contribution < -0.4 is 5.73 Å². The van der Waals surface area contributed by atoms with Gasteiger partial charge in [0.15, 0.2) is 0 Å². The predicted molar refractivity (Wildman–Crippen MR) is 78.5 cm³/mol. The van der Waals surface area contributed by atoms with Gasteiger partial charge in [-0.05, 0) is 37.0 Å². The largest absolute Gasteiger partial charge is 0.370 e. The lowest BCUT2D eigenvalue weighted by atomic mass is 9.93. The minimum Gasteiger partial charge on any atom is -0.370 e. The molecule has 1 aromatic carbocycles. The molecule has 0 aliphatic carbocycles. The third-order valence-electron chi connectivity index (χ3n) is 3.81. The summed E-state index contributed by atoms with van der Waals surface area (Å²) in [7, 11) is 0. The maximum absolute atomic E-state index is 13.5. The van der Waals surface area contributed by atoms with E-state index in [1.807, 2.05) is 0 Å². The van der Waals surface area contributed by atoms with Gasteiger partial charge in [-0.1, -0.05) is 6.07 Å². The van der Waals surface area contributed by atoms with E-state index in [1.54, 1.807) is 4.90 Å². The van der Waals surface area contributed by atoms with E-state index in [9.17, 15) is 18.4 Å². The molecule has 1 aliphatic rings. The number of nitrogens with zero attached hydrogens (tertiary/aromatic N) is 1. The highest BCUT2D eigenvalue weighted by Crippen LogP contribution is 2.21. The van der Waals surface area contributed by atoms with Gasteiger partial charge in [-0.3, -0.25) is 9.59 Å². The number of hydrogen-bond donors (Lipinski definition) is 1. The molecule has 4 nitrogen and oxygen atoms in total. The zero-order valence-corrected chi connectivity index (χ0v) is 12.1. The highest BCUT2D eigenvalue weighted by Gasteiger charge is 2.22. The molecule has 1 aromatic rings. The Bertz CT molecular complexity index is 574. The average molecular weight is 308 g/mol. The Morgan fingerprint density at radius 3 is 2.36 bits per heavy atom. The fourth-order valence-corrected chi connectivity index (χ4v) is 2.57. The van der Waals surface area contributed by atoms with Crippen molar-refractivity contribution in [2.24, 2.45) is 11.7 Å². The van der Waals surface area contributed by atoms with Crippen LogP contribution >= 0.6 is 0 Å². The van der Waals surface area contributed by atoms with Crippen molar-refractivity contribution in [2.45, 2.75) is 19.3 Å². The molecule has 22 heavy (non-hydrogen) atoms. The molecule has 0 saturated carbocycles. The quantitative estimate of drug-likeness (QED) is 0.866. The standard InChI is InChI=1S/C16H18F2N2O2/c17-13-2-1-3-14(18)12(13)4-5-16(22)20-8-6-11(7-9-20)10-15(19)21/h1-5,11H,6-10H2,(H2,19,21). The van der Waals surface area contributed by atoms with E-state index in [4.69, 9.17) is 5.73 Å². The molecule has 0 bridgehead atoms. The normalized spacial score (nSPS) is 16.2. The van der Waals surface area contributed by atoms with Crippen LogP contribution in [0.3, 0.4) is 0 Å². The van der Waals surface area contributed by atoms with Gasteiger partial charge in [0.25, 0.3) is 0 Å². The average Bonchev–Trinajstić information content (AvgIpc) is 2.46. The van der Waals surface area contributed by atoms with Gasteiger partial charge in [0.05, 0.1) is 0 Å². The molecule has 0 radical (unpaired) electrons. The molecule has 1 fully saturated rings. The Kier molecular flexibility index (Phi) is 5.25. The third-order valence-corrected chi connectivity index (χ3v) is 3.81. The van der Waals surface area contributed by atoms with Crippen molar-refractivity contribution >= 4 is 17.9 Å². The lowest BCUT2D eigenvalue weighted by molar-refractivity contribution is -0.127. The Labute approximate surface area is 127 Å². The van der Waals surface area contributed by atoms with Gasteiger partial charge in [0, 0.05) is 31.1 Å². The van der Waals surface area contributed by atoms with Gasteiger partial charge in [0.2, 0.25) is 11.8 Å². The maximum Gasteiger partial charge on any atom is 0.246 e. The number of piperidine rings is 1. The zero-order valence-electron chi connectivity index (χ0n) is 12.1. The highest BCUT2D eigenvalue weighted by molar-refractivity contribution is 5.91. The first-order valence-electron chi connectivity index (χ1n) is 7.16. The molecule has 0 spiro atoms. The molecule has 1 aliphatic heterocycles. The first-order chi connectivity index (χ1) is 10.5. The van der Waals surface area contributed by atoms with Crippen LogP contribution in [0.1, 0.15) is 24.8 Å². The molecule has 6 heteroatoms. The van der Waals surface area contributed by atoms with Gasteiger partial charge in [-0.15, -0.1) is 0 Å². The SMILES string of the molecule is NC(=O)CC1CCN(C(=O)C=Cc2c(F)cccc2F)CC1. The van der Waals surface area contributed by atoms with Crippen LogP contribution in [0.4, 0.5) is 8.78 Å². The molecular weight excluding hydrogens is 290 g/mol. The third kappa shape index (κ3) is 4.13. The molecule has 2 rings (SSSR count). The van der Waals surface area contributed by atoms with Crippen LogP contribution in [0.15, 0.2) is 24.3 Å². The number of amides is 2. The van der Waals surface area contributed by atoms with Crippen LogP contribution in [0.5, 0.6) is 0 Å². The van der Waals surface area contributed by atoms with E-state index in [2.05, 4.69) is 0 Å². The molecule has 0 atom stereocenters. The van der Waals surface area contributed by atoms with Crippen molar-refractivity contribution in [3.8, 4) is 0 Å². The van der Waals surface area contributed by atoms with Crippen molar-refractivity contribution in [1.82, 2.24) is 4.90 Å². The molecular formula is C16H18F2N2O2. The van der Waals surface area contributed by atoms with Crippen molar-refractivity contribution < 1.29 is 18.4 Å². The molecule has 1 heterocycles. The summed E-state index contributed by atoms with van der Waals surface area (Å²) in [5, 5.41) is 0. The second-order valence-corrected chi connectivity index (χ2v) is 5.41. The Morgan fingerprint density at radius 1 is 1.23 bits per heavy atom. The first-order valence-corrected chi connectivity index (χ1v) is 7.16.